The maximum atomic E-state index is 13.4. The van der Waals surface area contributed by atoms with Gasteiger partial charge in [-0.3, -0.25) is 4.79 Å². The van der Waals surface area contributed by atoms with E-state index in [0.717, 1.165) is 0 Å². The van der Waals surface area contributed by atoms with E-state index in [1.165, 1.54) is 6.07 Å². The number of amides is 1. The number of rotatable bonds is 5. The zero-order valence-corrected chi connectivity index (χ0v) is 11.1. The van der Waals surface area contributed by atoms with Crippen LogP contribution in [0.15, 0.2) is 24.3 Å². The number of likely N-dealkylation sites (tertiary alicyclic amines) is 1. The Morgan fingerprint density at radius 1 is 1.47 bits per heavy atom. The zero-order chi connectivity index (χ0) is 13.8. The van der Waals surface area contributed by atoms with Crippen molar-refractivity contribution in [1.29, 1.82) is 0 Å². The van der Waals surface area contributed by atoms with E-state index in [9.17, 15) is 9.18 Å². The molecule has 104 valence electrons. The van der Waals surface area contributed by atoms with Crippen molar-refractivity contribution in [1.82, 2.24) is 4.90 Å². The van der Waals surface area contributed by atoms with E-state index in [0.29, 0.717) is 19.7 Å². The Kier molecular flexibility index (Phi) is 4.37. The number of ether oxygens (including phenoxy) is 2. The topological polar surface area (TPSA) is 38.8 Å². The van der Waals surface area contributed by atoms with E-state index in [4.69, 9.17) is 9.47 Å². The summed E-state index contributed by atoms with van der Waals surface area (Å²) in [5, 5.41) is 0. The molecule has 1 atom stereocenters. The summed E-state index contributed by atoms with van der Waals surface area (Å²) in [6.07, 6.45) is -0.575. The molecule has 4 nitrogen and oxygen atoms in total. The second kappa shape index (κ2) is 6.02. The van der Waals surface area contributed by atoms with Gasteiger partial charge in [-0.05, 0) is 26.0 Å². The molecule has 1 aliphatic rings. The molecule has 2 rings (SSSR count). The highest BCUT2D eigenvalue weighted by Gasteiger charge is 2.34. The monoisotopic (exact) mass is 267 g/mol. The molecule has 1 heterocycles. The van der Waals surface area contributed by atoms with Gasteiger partial charge in [-0.2, -0.15) is 0 Å². The van der Waals surface area contributed by atoms with E-state index >= 15 is 0 Å². The van der Waals surface area contributed by atoms with Crippen molar-refractivity contribution in [2.24, 2.45) is 0 Å². The lowest BCUT2D eigenvalue weighted by Gasteiger charge is -2.40. The molecule has 0 bridgehead atoms. The number of hydrogen-bond donors (Lipinski definition) is 0. The Morgan fingerprint density at radius 3 is 2.79 bits per heavy atom. The number of para-hydroxylation sites is 1. The molecule has 1 fully saturated rings. The van der Waals surface area contributed by atoms with Crippen molar-refractivity contribution < 1.29 is 18.7 Å². The fraction of sp³-hybridized carbons (Fsp3) is 0.500. The van der Waals surface area contributed by atoms with Crippen LogP contribution in [0.2, 0.25) is 0 Å². The molecule has 1 aromatic rings. The minimum atomic E-state index is -0.431. The Bertz CT molecular complexity index is 446. The molecule has 0 saturated carbocycles. The maximum Gasteiger partial charge on any atom is 0.251 e. The molecule has 0 N–H and O–H groups in total. The van der Waals surface area contributed by atoms with Crippen molar-refractivity contribution in [3.8, 4) is 5.75 Å². The number of halogens is 1. The highest BCUT2D eigenvalue weighted by Crippen LogP contribution is 2.21. The average Bonchev–Trinajstić information content (AvgIpc) is 2.35. The molecule has 0 aromatic heterocycles. The van der Waals surface area contributed by atoms with Crippen molar-refractivity contribution in [3.63, 3.8) is 0 Å². The first-order valence-electron chi connectivity index (χ1n) is 6.43. The summed E-state index contributed by atoms with van der Waals surface area (Å²) in [6, 6.07) is 6.27. The van der Waals surface area contributed by atoms with Crippen LogP contribution in [0.5, 0.6) is 5.75 Å². The van der Waals surface area contributed by atoms with E-state index in [2.05, 4.69) is 0 Å². The number of hydrogen-bond acceptors (Lipinski definition) is 3. The molecule has 0 unspecified atom stereocenters. The third-order valence-corrected chi connectivity index (χ3v) is 3.05. The summed E-state index contributed by atoms with van der Waals surface area (Å²) < 4.78 is 24.1. The largest absolute Gasteiger partial charge is 0.484 e. The van der Waals surface area contributed by atoms with Crippen molar-refractivity contribution >= 4 is 5.91 Å². The molecule has 0 aliphatic carbocycles. The molecule has 1 aliphatic heterocycles. The second-order valence-electron chi connectivity index (χ2n) is 4.51. The molecular formula is C14H18FNO3. The predicted octanol–water partition coefficient (Wildman–Crippen LogP) is 1.84. The normalized spacial score (nSPS) is 16.9. The van der Waals surface area contributed by atoms with Gasteiger partial charge < -0.3 is 14.4 Å². The Balaban J connectivity index is 1.81. The summed E-state index contributed by atoms with van der Waals surface area (Å²) in [5.74, 6) is -0.192. The third kappa shape index (κ3) is 3.23. The van der Waals surface area contributed by atoms with Crippen LogP contribution in [0.1, 0.15) is 13.8 Å². The van der Waals surface area contributed by atoms with Gasteiger partial charge in [0.2, 0.25) is 0 Å². The van der Waals surface area contributed by atoms with Gasteiger partial charge in [-0.1, -0.05) is 12.1 Å². The van der Waals surface area contributed by atoms with Crippen molar-refractivity contribution in [2.75, 3.05) is 19.7 Å². The summed E-state index contributed by atoms with van der Waals surface area (Å²) in [4.78, 5) is 13.5. The first-order chi connectivity index (χ1) is 9.11. The lowest BCUT2D eigenvalue weighted by Crippen LogP contribution is -2.58. The molecule has 5 heteroatoms. The molecular weight excluding hydrogens is 249 g/mol. The van der Waals surface area contributed by atoms with Crippen LogP contribution < -0.4 is 4.74 Å². The standard InChI is InChI=1S/C14H18FNO3/c1-3-18-10(2)14(17)16-8-11(9-16)19-13-7-5-4-6-12(13)15/h4-7,10-11H,3,8-9H2,1-2H3/t10-/m1/s1. The number of carbonyl (C=O) groups excluding carboxylic acids is 1. The number of carbonyl (C=O) groups is 1. The third-order valence-electron chi connectivity index (χ3n) is 3.05. The highest BCUT2D eigenvalue weighted by atomic mass is 19.1. The van der Waals surface area contributed by atoms with Crippen molar-refractivity contribution in [3.05, 3.63) is 30.1 Å². The van der Waals surface area contributed by atoms with Gasteiger partial charge in [0, 0.05) is 6.61 Å². The van der Waals surface area contributed by atoms with Gasteiger partial charge in [0.05, 0.1) is 13.1 Å². The zero-order valence-electron chi connectivity index (χ0n) is 11.1. The first kappa shape index (κ1) is 13.8. The quantitative estimate of drug-likeness (QED) is 0.817. The lowest BCUT2D eigenvalue weighted by molar-refractivity contribution is -0.151. The van der Waals surface area contributed by atoms with E-state index in [1.807, 2.05) is 6.92 Å². The van der Waals surface area contributed by atoms with Gasteiger partial charge in [-0.15, -0.1) is 0 Å². The van der Waals surface area contributed by atoms with Crippen LogP contribution in [0.4, 0.5) is 4.39 Å². The molecule has 1 amide bonds. The minimum absolute atomic E-state index is 0.0461. The van der Waals surface area contributed by atoms with Crippen LogP contribution in [0.25, 0.3) is 0 Å². The summed E-state index contributed by atoms with van der Waals surface area (Å²) in [7, 11) is 0. The Labute approximate surface area is 112 Å². The fourth-order valence-corrected chi connectivity index (χ4v) is 1.99. The first-order valence-corrected chi connectivity index (χ1v) is 6.43. The van der Waals surface area contributed by atoms with Gasteiger partial charge in [0.25, 0.3) is 5.91 Å². The fourth-order valence-electron chi connectivity index (χ4n) is 1.99. The van der Waals surface area contributed by atoms with Crippen LogP contribution >= 0.6 is 0 Å². The van der Waals surface area contributed by atoms with Crippen LogP contribution in [-0.4, -0.2) is 42.7 Å². The highest BCUT2D eigenvalue weighted by molar-refractivity contribution is 5.81. The molecule has 1 saturated heterocycles. The molecule has 0 radical (unpaired) electrons. The smallest absolute Gasteiger partial charge is 0.251 e. The Hall–Kier alpha value is -1.62. The number of benzene rings is 1. The second-order valence-corrected chi connectivity index (χ2v) is 4.51. The van der Waals surface area contributed by atoms with E-state index < -0.39 is 6.10 Å². The SMILES string of the molecule is CCO[C@H](C)C(=O)N1CC(Oc2ccccc2F)C1. The molecule has 0 spiro atoms. The van der Waals surface area contributed by atoms with Gasteiger partial charge in [0.1, 0.15) is 12.2 Å². The Morgan fingerprint density at radius 2 is 2.16 bits per heavy atom. The summed E-state index contributed by atoms with van der Waals surface area (Å²) in [6.45, 7) is 5.05. The van der Waals surface area contributed by atoms with Crippen LogP contribution in [-0.2, 0) is 9.53 Å². The van der Waals surface area contributed by atoms with Gasteiger partial charge >= 0.3 is 0 Å². The van der Waals surface area contributed by atoms with Crippen LogP contribution in [0, 0.1) is 5.82 Å². The van der Waals surface area contributed by atoms with Gasteiger partial charge in [0.15, 0.2) is 11.6 Å². The summed E-state index contributed by atoms with van der Waals surface area (Å²) in [5.41, 5.74) is 0. The van der Waals surface area contributed by atoms with Crippen molar-refractivity contribution in [2.45, 2.75) is 26.1 Å². The van der Waals surface area contributed by atoms with Crippen LogP contribution in [0.3, 0.4) is 0 Å². The minimum Gasteiger partial charge on any atom is -0.484 e. The lowest BCUT2D eigenvalue weighted by atomic mass is 10.1. The van der Waals surface area contributed by atoms with E-state index in [1.54, 1.807) is 30.0 Å². The average molecular weight is 267 g/mol. The molecule has 19 heavy (non-hydrogen) atoms. The predicted molar refractivity (Wildman–Crippen MR) is 68.5 cm³/mol. The van der Waals surface area contributed by atoms with Gasteiger partial charge in [-0.25, -0.2) is 4.39 Å². The van der Waals surface area contributed by atoms with E-state index in [-0.39, 0.29) is 23.6 Å². The summed E-state index contributed by atoms with van der Waals surface area (Å²) >= 11 is 0. The maximum absolute atomic E-state index is 13.4. The number of nitrogens with zero attached hydrogens (tertiary/aromatic N) is 1. The molecule has 1 aromatic carbocycles.